The molecule has 0 bridgehead atoms. The highest BCUT2D eigenvalue weighted by Crippen LogP contribution is 2.20. The van der Waals surface area contributed by atoms with E-state index >= 15 is 0 Å². The molecule has 0 spiro atoms. The monoisotopic (exact) mass is 238 g/mol. The van der Waals surface area contributed by atoms with Crippen LogP contribution in [-0.4, -0.2) is 31.1 Å². The third-order valence-electron chi connectivity index (χ3n) is 3.14. The molecule has 0 aliphatic carbocycles. The molecule has 0 atom stereocenters. The minimum absolute atomic E-state index is 0.172. The van der Waals surface area contributed by atoms with Crippen LogP contribution in [0.1, 0.15) is 18.4 Å². The molecule has 1 aliphatic heterocycles. The third kappa shape index (κ3) is 3.17. The van der Waals surface area contributed by atoms with Crippen LogP contribution in [0.25, 0.3) is 0 Å². The van der Waals surface area contributed by atoms with Crippen molar-refractivity contribution in [1.82, 2.24) is 4.90 Å². The van der Waals surface area contributed by atoms with Gasteiger partial charge in [-0.25, -0.2) is 4.39 Å². The zero-order valence-electron chi connectivity index (χ0n) is 9.99. The van der Waals surface area contributed by atoms with Gasteiger partial charge in [0.2, 0.25) is 0 Å². The van der Waals surface area contributed by atoms with Gasteiger partial charge in [0.05, 0.1) is 0 Å². The summed E-state index contributed by atoms with van der Waals surface area (Å²) in [7, 11) is 0. The van der Waals surface area contributed by atoms with Crippen molar-refractivity contribution in [3.8, 4) is 5.75 Å². The largest absolute Gasteiger partial charge is 0.492 e. The number of hydrogen-bond acceptors (Lipinski definition) is 3. The SMILES string of the molecule is NCc1c(F)cccc1OCCN1CCCC1. The van der Waals surface area contributed by atoms with E-state index in [1.807, 2.05) is 0 Å². The van der Waals surface area contributed by atoms with E-state index in [2.05, 4.69) is 4.90 Å². The minimum atomic E-state index is -0.286. The molecule has 2 N–H and O–H groups in total. The average molecular weight is 238 g/mol. The molecule has 1 saturated heterocycles. The van der Waals surface area contributed by atoms with Crippen molar-refractivity contribution in [2.24, 2.45) is 5.73 Å². The standard InChI is InChI=1S/C13H19FN2O/c14-12-4-3-5-13(11(12)10-15)17-9-8-16-6-1-2-7-16/h3-5H,1-2,6-10,15H2. The van der Waals surface area contributed by atoms with Crippen molar-refractivity contribution in [2.45, 2.75) is 19.4 Å². The smallest absolute Gasteiger partial charge is 0.131 e. The van der Waals surface area contributed by atoms with Crippen LogP contribution < -0.4 is 10.5 Å². The van der Waals surface area contributed by atoms with E-state index in [1.165, 1.54) is 18.9 Å². The summed E-state index contributed by atoms with van der Waals surface area (Å²) in [5.41, 5.74) is 5.98. The number of nitrogens with two attached hydrogens (primary N) is 1. The predicted octanol–water partition coefficient (Wildman–Crippen LogP) is 1.76. The summed E-state index contributed by atoms with van der Waals surface area (Å²) in [5, 5.41) is 0. The van der Waals surface area contributed by atoms with Crippen LogP contribution in [-0.2, 0) is 6.54 Å². The van der Waals surface area contributed by atoms with Crippen LogP contribution >= 0.6 is 0 Å². The molecular weight excluding hydrogens is 219 g/mol. The van der Waals surface area contributed by atoms with Gasteiger partial charge in [-0.05, 0) is 38.1 Å². The van der Waals surface area contributed by atoms with E-state index in [9.17, 15) is 4.39 Å². The molecule has 4 heteroatoms. The lowest BCUT2D eigenvalue weighted by Gasteiger charge is -2.16. The molecule has 3 nitrogen and oxygen atoms in total. The van der Waals surface area contributed by atoms with Gasteiger partial charge in [0.1, 0.15) is 18.2 Å². The van der Waals surface area contributed by atoms with Gasteiger partial charge in [-0.2, -0.15) is 0 Å². The highest BCUT2D eigenvalue weighted by atomic mass is 19.1. The van der Waals surface area contributed by atoms with Gasteiger partial charge in [0.15, 0.2) is 0 Å². The van der Waals surface area contributed by atoms with Crippen LogP contribution in [0.4, 0.5) is 4.39 Å². The average Bonchev–Trinajstić information content (AvgIpc) is 2.82. The Hall–Kier alpha value is -1.13. The number of ether oxygens (including phenoxy) is 1. The summed E-state index contributed by atoms with van der Waals surface area (Å²) >= 11 is 0. The Labute approximate surface area is 101 Å². The van der Waals surface area contributed by atoms with Gasteiger partial charge in [0, 0.05) is 18.7 Å². The van der Waals surface area contributed by atoms with Crippen molar-refractivity contribution in [1.29, 1.82) is 0 Å². The van der Waals surface area contributed by atoms with Crippen LogP contribution in [0.15, 0.2) is 18.2 Å². The lowest BCUT2D eigenvalue weighted by molar-refractivity contribution is 0.235. The Kier molecular flexibility index (Phi) is 4.34. The molecule has 17 heavy (non-hydrogen) atoms. The Bertz CT molecular complexity index is 364. The molecule has 1 heterocycles. The molecule has 0 radical (unpaired) electrons. The Morgan fingerprint density at radius 2 is 2.06 bits per heavy atom. The maximum Gasteiger partial charge on any atom is 0.131 e. The summed E-state index contributed by atoms with van der Waals surface area (Å²) < 4.78 is 19.0. The van der Waals surface area contributed by atoms with Crippen molar-refractivity contribution < 1.29 is 9.13 Å². The summed E-state index contributed by atoms with van der Waals surface area (Å²) in [4.78, 5) is 2.36. The van der Waals surface area contributed by atoms with Crippen molar-refractivity contribution in [2.75, 3.05) is 26.2 Å². The lowest BCUT2D eigenvalue weighted by Crippen LogP contribution is -2.25. The molecule has 2 rings (SSSR count). The number of hydrogen-bond donors (Lipinski definition) is 1. The molecule has 1 aromatic carbocycles. The maximum absolute atomic E-state index is 13.4. The highest BCUT2D eigenvalue weighted by molar-refractivity contribution is 5.34. The summed E-state index contributed by atoms with van der Waals surface area (Å²) in [5.74, 6) is 0.290. The molecule has 0 amide bonds. The maximum atomic E-state index is 13.4. The number of likely N-dealkylation sites (tertiary alicyclic amines) is 1. The first-order chi connectivity index (χ1) is 8.31. The second-order valence-corrected chi connectivity index (χ2v) is 4.32. The Morgan fingerprint density at radius 1 is 1.29 bits per heavy atom. The van der Waals surface area contributed by atoms with E-state index < -0.39 is 0 Å². The van der Waals surface area contributed by atoms with Crippen LogP contribution in [0.3, 0.4) is 0 Å². The van der Waals surface area contributed by atoms with Crippen molar-refractivity contribution in [3.05, 3.63) is 29.6 Å². The Balaban J connectivity index is 1.87. The molecule has 0 saturated carbocycles. The number of halogens is 1. The zero-order valence-corrected chi connectivity index (χ0v) is 9.99. The summed E-state index contributed by atoms with van der Waals surface area (Å²) in [6.07, 6.45) is 2.54. The van der Waals surface area contributed by atoms with E-state index in [0.29, 0.717) is 17.9 Å². The first-order valence-electron chi connectivity index (χ1n) is 6.14. The predicted molar refractivity (Wildman–Crippen MR) is 65.5 cm³/mol. The van der Waals surface area contributed by atoms with Crippen LogP contribution in [0.5, 0.6) is 5.75 Å². The fraction of sp³-hybridized carbons (Fsp3) is 0.538. The lowest BCUT2D eigenvalue weighted by atomic mass is 10.2. The van der Waals surface area contributed by atoms with Gasteiger partial charge in [0.25, 0.3) is 0 Å². The van der Waals surface area contributed by atoms with E-state index in [-0.39, 0.29) is 12.4 Å². The fourth-order valence-electron chi connectivity index (χ4n) is 2.16. The molecule has 0 aromatic heterocycles. The summed E-state index contributed by atoms with van der Waals surface area (Å²) in [6.45, 7) is 3.97. The molecule has 0 unspecified atom stereocenters. The molecule has 94 valence electrons. The number of benzene rings is 1. The van der Waals surface area contributed by atoms with Gasteiger partial charge >= 0.3 is 0 Å². The van der Waals surface area contributed by atoms with Gasteiger partial charge in [-0.1, -0.05) is 6.07 Å². The fourth-order valence-corrected chi connectivity index (χ4v) is 2.16. The van der Waals surface area contributed by atoms with Gasteiger partial charge < -0.3 is 10.5 Å². The Morgan fingerprint density at radius 3 is 2.76 bits per heavy atom. The van der Waals surface area contributed by atoms with E-state index in [1.54, 1.807) is 12.1 Å². The normalized spacial score (nSPS) is 16.4. The second-order valence-electron chi connectivity index (χ2n) is 4.32. The van der Waals surface area contributed by atoms with Gasteiger partial charge in [-0.15, -0.1) is 0 Å². The zero-order chi connectivity index (χ0) is 12.1. The van der Waals surface area contributed by atoms with Crippen LogP contribution in [0.2, 0.25) is 0 Å². The third-order valence-corrected chi connectivity index (χ3v) is 3.14. The topological polar surface area (TPSA) is 38.5 Å². The number of rotatable bonds is 5. The molecule has 1 aliphatic rings. The first kappa shape index (κ1) is 12.3. The van der Waals surface area contributed by atoms with Crippen molar-refractivity contribution >= 4 is 0 Å². The van der Waals surface area contributed by atoms with E-state index in [0.717, 1.165) is 19.6 Å². The van der Waals surface area contributed by atoms with E-state index in [4.69, 9.17) is 10.5 Å². The first-order valence-corrected chi connectivity index (χ1v) is 6.14. The minimum Gasteiger partial charge on any atom is -0.492 e. The van der Waals surface area contributed by atoms with Gasteiger partial charge in [-0.3, -0.25) is 4.90 Å². The number of nitrogens with zero attached hydrogens (tertiary/aromatic N) is 1. The molecule has 1 fully saturated rings. The quantitative estimate of drug-likeness (QED) is 0.849. The highest BCUT2D eigenvalue weighted by Gasteiger charge is 2.12. The second kappa shape index (κ2) is 5.98. The molecule has 1 aromatic rings. The molecular formula is C13H19FN2O. The summed E-state index contributed by atoms with van der Waals surface area (Å²) in [6, 6.07) is 4.84. The van der Waals surface area contributed by atoms with Crippen LogP contribution in [0, 0.1) is 5.82 Å². The van der Waals surface area contributed by atoms with Crippen molar-refractivity contribution in [3.63, 3.8) is 0 Å².